The van der Waals surface area contributed by atoms with Crippen molar-refractivity contribution in [2.24, 2.45) is 5.73 Å². The summed E-state index contributed by atoms with van der Waals surface area (Å²) < 4.78 is 139. The average Bonchev–Trinajstić information content (AvgIpc) is 1.64. The van der Waals surface area contributed by atoms with Gasteiger partial charge in [0.1, 0.15) is 68.0 Å². The van der Waals surface area contributed by atoms with Gasteiger partial charge in [0.25, 0.3) is 23.6 Å². The van der Waals surface area contributed by atoms with E-state index in [0.717, 1.165) is 61.2 Å². The van der Waals surface area contributed by atoms with E-state index in [4.69, 9.17) is 24.7 Å². The molecule has 0 fully saturated rings. The highest BCUT2D eigenvalue weighted by molar-refractivity contribution is 8.00. The largest absolute Gasteiger partial charge is 0.434 e. The summed E-state index contributed by atoms with van der Waals surface area (Å²) in [6, 6.07) is 20.0. The Hall–Kier alpha value is -15.1. The van der Waals surface area contributed by atoms with Crippen molar-refractivity contribution in [3.63, 3.8) is 0 Å². The van der Waals surface area contributed by atoms with Crippen molar-refractivity contribution in [1.82, 2.24) is 113 Å². The molecule has 16 aromatic rings. The van der Waals surface area contributed by atoms with Crippen LogP contribution in [0, 0.1) is 0 Å². The van der Waals surface area contributed by atoms with Crippen LogP contribution in [-0.2, 0) is 26.2 Å². The van der Waals surface area contributed by atoms with E-state index in [1.165, 1.54) is 60.7 Å². The fourth-order valence-electron chi connectivity index (χ4n) is 15.2. The molecule has 0 radical (unpaired) electrons. The Morgan fingerprint density at radius 3 is 1.12 bits per heavy atom. The van der Waals surface area contributed by atoms with Gasteiger partial charge in [-0.1, -0.05) is 13.5 Å². The number of amides is 4. The number of nitrogens with two attached hydrogens (primary N) is 1. The number of nitrogens with one attached hydrogen (secondary N) is 10. The predicted molar refractivity (Wildman–Crippen MR) is 522 cm³/mol. The smallest absolute Gasteiger partial charge is 0.387 e. The predicted octanol–water partition coefficient (Wildman–Crippen LogP) is 13.7. The zero-order valence-corrected chi connectivity index (χ0v) is 79.3. The number of rotatable bonds is 31. The van der Waals surface area contributed by atoms with Crippen LogP contribution in [0.15, 0.2) is 204 Å². The maximum absolute atomic E-state index is 13.4. The number of aromatic nitrogens is 20. The molecule has 12 aromatic heterocycles. The number of hydrogen-bond donors (Lipinski definition) is 11. The van der Waals surface area contributed by atoms with Gasteiger partial charge in [-0.25, -0.2) is 38.0 Å². The minimum absolute atomic E-state index is 0.0234. The third kappa shape index (κ3) is 23.0. The third-order valence-corrected chi connectivity index (χ3v) is 26.1. The number of carbonyl (C=O) groups is 4. The van der Waals surface area contributed by atoms with E-state index < -0.39 is 50.1 Å². The molecule has 0 spiro atoms. The zero-order valence-electron chi connectivity index (χ0n) is 76.1. The molecule has 52 heteroatoms. The number of thioether (sulfide) groups is 4. The SMILES string of the molecule is C=C1CSc2cc(-c3nn(CCNC)cc3NC(=O)c3cnn4cccnc34)c(OC(F)F)cc2N1.CC1CNc2cc(OC(F)F)c(-c3nn(CCN)cc3NC(=O)c3cnn4cccnc34)cc2S1.CN(C)CCn1cc(NC(=O)c2cnn3cccnc23)c(-c2cc3c(cc2OC(F)F)NCCS3)n1.CNCCn1cc(NC(=O)c2cnn3cccnc23)c(-c2cc3c(cc2OC(F)F)NCCS3)n1. The number of halogens is 8. The first-order valence-corrected chi connectivity index (χ1v) is 47.7. The van der Waals surface area contributed by atoms with Crippen LogP contribution in [0.25, 0.3) is 67.6 Å². The zero-order chi connectivity index (χ0) is 99.4. The average molecular weight is 2030 g/mol. The van der Waals surface area contributed by atoms with E-state index in [-0.39, 0.29) is 56.2 Å². The Balaban J connectivity index is 0.000000130. The lowest BCUT2D eigenvalue weighted by atomic mass is 10.1. The molecule has 142 heavy (non-hydrogen) atoms. The highest BCUT2D eigenvalue weighted by Gasteiger charge is 2.33. The number of alkyl halides is 8. The summed E-state index contributed by atoms with van der Waals surface area (Å²) in [5, 5.41) is 65.6. The first-order chi connectivity index (χ1) is 68.8. The van der Waals surface area contributed by atoms with E-state index in [0.29, 0.717) is 161 Å². The van der Waals surface area contributed by atoms with Gasteiger partial charge in [-0.15, -0.1) is 47.0 Å². The molecule has 0 aliphatic carbocycles. The molecule has 20 rings (SSSR count). The number of anilines is 8. The van der Waals surface area contributed by atoms with Gasteiger partial charge in [0, 0.05) is 214 Å². The van der Waals surface area contributed by atoms with Crippen LogP contribution in [-0.4, -0.2) is 249 Å². The molecule has 40 nitrogen and oxygen atoms in total. The number of likely N-dealkylation sites (N-methyl/N-ethyl adjacent to an activating group) is 3. The molecule has 0 saturated heterocycles. The molecule has 12 N–H and O–H groups in total. The Bertz CT molecular complexity index is 7310. The molecule has 4 amide bonds. The van der Waals surface area contributed by atoms with Crippen LogP contribution in [0.5, 0.6) is 23.0 Å². The summed E-state index contributed by atoms with van der Waals surface area (Å²) >= 11 is 6.35. The van der Waals surface area contributed by atoms with Gasteiger partial charge in [0.05, 0.1) is 96.5 Å². The normalized spacial score (nSPS) is 13.6. The van der Waals surface area contributed by atoms with Crippen molar-refractivity contribution in [3.8, 4) is 68.0 Å². The molecule has 1 unspecified atom stereocenters. The summed E-state index contributed by atoms with van der Waals surface area (Å²) in [5.74, 6) is 0.320. The molecule has 16 heterocycles. The van der Waals surface area contributed by atoms with Gasteiger partial charge in [-0.3, -0.25) is 37.9 Å². The van der Waals surface area contributed by atoms with E-state index in [1.54, 1.807) is 202 Å². The monoisotopic (exact) mass is 2030 g/mol. The standard InChI is InChI=1S/C23H24F2N8O2S.C23H22F2N8O2S.2C22H22F2N8O2S/c1-31(2)7-8-32-13-17(29-22(34)15-12-28-33-6-3-4-27-21(15)33)20(30-32)14-10-19-16(26-5-9-36-19)11-18(14)35-23(24)25;1-13-12-36-19-8-14(18(35-23(24)25)9-16(19)29-13)20-17(11-32(31-20)7-5-26-2)30-22(34)15-10-28-33-6-3-4-27-21(15)33;1-12-9-27-15-8-17(34-22(23)24)13(7-18(15)35-12)19-16(11-31(30-19)6-3-25)29-21(33)14-10-28-32-5-2-4-26-20(14)32;1-25-4-7-31-12-16(29-21(33)14-11-28-32-6-2-3-27-20(14)32)19(30-31)13-9-18-15(26-5-8-35-18)10-17(13)34-22(23)24/h3-4,6,10-13,23,26H,5,7-9H2,1-2H3,(H,29,34);3-4,6,8-11,23,26,29H,1,5,7,12H2,2H3,(H,30,34);2,4-5,7-8,10-12,22,27H,3,6,9,25H2,1H3,(H,29,33);2-3,6,9-12,22,25-26H,4-5,7-8H2,1H3,(H,29,33). The Morgan fingerprint density at radius 2 is 0.782 bits per heavy atom. The quantitative estimate of drug-likeness (QED) is 0.0180. The molecular formula is C90H90F8N32O8S4. The second-order valence-electron chi connectivity index (χ2n) is 31.8. The highest BCUT2D eigenvalue weighted by Crippen LogP contribution is 2.50. The van der Waals surface area contributed by atoms with Crippen molar-refractivity contribution in [2.75, 3.05) is 134 Å². The Labute approximate surface area is 818 Å². The van der Waals surface area contributed by atoms with Gasteiger partial charge >= 0.3 is 26.4 Å². The van der Waals surface area contributed by atoms with Crippen molar-refractivity contribution in [3.05, 3.63) is 206 Å². The molecule has 4 aromatic carbocycles. The van der Waals surface area contributed by atoms with Crippen molar-refractivity contribution in [1.29, 1.82) is 0 Å². The summed E-state index contributed by atoms with van der Waals surface area (Å²) in [7, 11) is 7.50. The lowest BCUT2D eigenvalue weighted by Crippen LogP contribution is -2.18. The maximum Gasteiger partial charge on any atom is 0.387 e. The topological polar surface area (TPSA) is 447 Å². The first-order valence-electron chi connectivity index (χ1n) is 43.8. The maximum atomic E-state index is 13.4. The van der Waals surface area contributed by atoms with Gasteiger partial charge < -0.3 is 82.7 Å². The van der Waals surface area contributed by atoms with Crippen molar-refractivity contribution in [2.45, 2.75) is 84.4 Å². The number of nitrogens with zero attached hydrogens (tertiary/aromatic N) is 21. The van der Waals surface area contributed by atoms with Crippen LogP contribution < -0.4 is 77.8 Å². The summed E-state index contributed by atoms with van der Waals surface area (Å²) in [4.78, 5) is 75.1. The minimum atomic E-state index is -3.05. The van der Waals surface area contributed by atoms with Crippen LogP contribution in [0.4, 0.5) is 80.6 Å². The Morgan fingerprint density at radius 1 is 0.458 bits per heavy atom. The van der Waals surface area contributed by atoms with Gasteiger partial charge in [0.15, 0.2) is 22.6 Å². The molecule has 0 bridgehead atoms. The first kappa shape index (κ1) is 98.5. The molecular weight excluding hydrogens is 1940 g/mol. The van der Waals surface area contributed by atoms with E-state index in [2.05, 4.69) is 127 Å². The summed E-state index contributed by atoms with van der Waals surface area (Å²) in [6.07, 6.45) is 25.3. The van der Waals surface area contributed by atoms with Crippen LogP contribution in [0.3, 0.4) is 0 Å². The Kier molecular flexibility index (Phi) is 30.9. The van der Waals surface area contributed by atoms with E-state index in [1.807, 2.05) is 26.0 Å². The highest BCUT2D eigenvalue weighted by atomic mass is 32.2. The van der Waals surface area contributed by atoms with E-state index in [9.17, 15) is 54.3 Å². The molecule has 0 saturated carbocycles. The minimum Gasteiger partial charge on any atom is -0.434 e. The number of hydrogen-bond acceptors (Lipinski definition) is 32. The fraction of sp³-hybridized carbons (Fsp3) is 0.267. The fourth-order valence-corrected chi connectivity index (χ4v) is 19.0. The van der Waals surface area contributed by atoms with Gasteiger partial charge in [0.2, 0.25) is 0 Å². The second kappa shape index (κ2) is 44.6. The van der Waals surface area contributed by atoms with Gasteiger partial charge in [-0.2, -0.15) is 75.9 Å². The summed E-state index contributed by atoms with van der Waals surface area (Å²) in [5.41, 5.74) is 15.8. The molecule has 738 valence electrons. The summed E-state index contributed by atoms with van der Waals surface area (Å²) in [6.45, 7) is 0.114. The van der Waals surface area contributed by atoms with Gasteiger partial charge in [-0.05, 0) is 76.7 Å². The van der Waals surface area contributed by atoms with Crippen molar-refractivity contribution < 1.29 is 73.2 Å². The van der Waals surface area contributed by atoms with Crippen LogP contribution in [0.2, 0.25) is 0 Å². The van der Waals surface area contributed by atoms with Crippen molar-refractivity contribution >= 4 is 139 Å². The molecule has 1 atom stereocenters. The van der Waals surface area contributed by atoms with Crippen LogP contribution >= 0.6 is 47.0 Å². The van der Waals surface area contributed by atoms with Crippen LogP contribution in [0.1, 0.15) is 48.4 Å². The molecule has 4 aliphatic rings. The third-order valence-electron chi connectivity index (χ3n) is 21.6. The number of carbonyl (C=O) groups excluding carboxylic acids is 4. The number of fused-ring (bicyclic) bond motifs is 8. The number of ether oxygens (including phenoxy) is 4. The lowest BCUT2D eigenvalue weighted by molar-refractivity contribution is -0.0501. The van der Waals surface area contributed by atoms with E-state index >= 15 is 0 Å². The second-order valence-corrected chi connectivity index (χ2v) is 36.6. The number of benzene rings is 4. The molecule has 4 aliphatic heterocycles. The lowest BCUT2D eigenvalue weighted by Gasteiger charge is -2.24.